The van der Waals surface area contributed by atoms with Gasteiger partial charge >= 0.3 is 0 Å². The maximum atomic E-state index is 4.41. The highest BCUT2D eigenvalue weighted by Gasteiger charge is 2.20. The number of hydrogen-bond donors (Lipinski definition) is 1. The Balaban J connectivity index is 1.85. The summed E-state index contributed by atoms with van der Waals surface area (Å²) in [7, 11) is 0. The Morgan fingerprint density at radius 3 is 3.11 bits per heavy atom. The van der Waals surface area contributed by atoms with Crippen LogP contribution in [-0.2, 0) is 13.1 Å². The summed E-state index contributed by atoms with van der Waals surface area (Å²) >= 11 is 0. The molecule has 0 aromatic carbocycles. The molecule has 0 spiro atoms. The zero-order valence-electron chi connectivity index (χ0n) is 12.3. The number of rotatable bonds is 7. The van der Waals surface area contributed by atoms with Gasteiger partial charge in [-0.05, 0) is 44.8 Å². The van der Waals surface area contributed by atoms with Gasteiger partial charge < -0.3 is 5.32 Å². The molecule has 5 nitrogen and oxygen atoms in total. The second-order valence-electron chi connectivity index (χ2n) is 5.45. The highest BCUT2D eigenvalue weighted by Crippen LogP contribution is 2.17. The highest BCUT2D eigenvalue weighted by atomic mass is 15.3. The van der Waals surface area contributed by atoms with Crippen molar-refractivity contribution in [2.45, 2.75) is 46.2 Å². The van der Waals surface area contributed by atoms with Crippen LogP contribution in [0.4, 0.5) is 0 Å². The van der Waals surface area contributed by atoms with Gasteiger partial charge in [0, 0.05) is 13.1 Å². The number of nitrogens with zero attached hydrogens (tertiary/aromatic N) is 4. The minimum Gasteiger partial charge on any atom is -0.317 e. The molecule has 2 rings (SSSR count). The molecule has 5 heteroatoms. The topological polar surface area (TPSA) is 46.0 Å². The molecule has 1 aliphatic heterocycles. The fourth-order valence-electron chi connectivity index (χ4n) is 2.82. The van der Waals surface area contributed by atoms with E-state index in [9.17, 15) is 0 Å². The van der Waals surface area contributed by atoms with Gasteiger partial charge in [0.2, 0.25) is 0 Å². The average molecular weight is 265 g/mol. The first-order valence-electron chi connectivity index (χ1n) is 7.63. The molecule has 1 aromatic rings. The van der Waals surface area contributed by atoms with Gasteiger partial charge in [-0.25, -0.2) is 9.67 Å². The number of piperidine rings is 1. The second kappa shape index (κ2) is 7.60. The minimum absolute atomic E-state index is 0.788. The van der Waals surface area contributed by atoms with Crippen LogP contribution in [0, 0.1) is 5.92 Å². The Bertz CT molecular complexity index is 362. The van der Waals surface area contributed by atoms with Crippen LogP contribution in [0.15, 0.2) is 6.33 Å². The lowest BCUT2D eigenvalue weighted by molar-refractivity contribution is 0.160. The molecule has 19 heavy (non-hydrogen) atoms. The summed E-state index contributed by atoms with van der Waals surface area (Å²) in [5.41, 5.74) is 0. The summed E-state index contributed by atoms with van der Waals surface area (Å²) in [4.78, 5) is 6.94. The Kier molecular flexibility index (Phi) is 5.79. The van der Waals surface area contributed by atoms with E-state index in [1.54, 1.807) is 6.33 Å². The molecule has 1 unspecified atom stereocenters. The molecule has 2 heterocycles. The minimum atomic E-state index is 0.788. The third-order valence-corrected chi connectivity index (χ3v) is 3.78. The van der Waals surface area contributed by atoms with E-state index in [0.717, 1.165) is 44.3 Å². The maximum Gasteiger partial charge on any atom is 0.141 e. The van der Waals surface area contributed by atoms with Crippen LogP contribution in [0.5, 0.6) is 0 Å². The Morgan fingerprint density at radius 1 is 1.42 bits per heavy atom. The van der Waals surface area contributed by atoms with Gasteiger partial charge in [-0.1, -0.05) is 13.8 Å². The number of likely N-dealkylation sites (tertiary alicyclic amines) is 1. The first-order valence-corrected chi connectivity index (χ1v) is 7.63. The van der Waals surface area contributed by atoms with Crippen LogP contribution < -0.4 is 5.32 Å². The summed E-state index contributed by atoms with van der Waals surface area (Å²) in [6.07, 6.45) is 5.45. The smallest absolute Gasteiger partial charge is 0.141 e. The molecule has 0 saturated carbocycles. The van der Waals surface area contributed by atoms with Crippen LogP contribution in [0.2, 0.25) is 0 Å². The molecule has 1 aromatic heterocycles. The fourth-order valence-corrected chi connectivity index (χ4v) is 2.82. The van der Waals surface area contributed by atoms with Gasteiger partial charge in [0.05, 0.1) is 6.54 Å². The van der Waals surface area contributed by atoms with E-state index in [2.05, 4.69) is 34.1 Å². The lowest BCUT2D eigenvalue weighted by atomic mass is 9.98. The van der Waals surface area contributed by atoms with Gasteiger partial charge in [0.1, 0.15) is 12.2 Å². The van der Waals surface area contributed by atoms with E-state index in [0.29, 0.717) is 0 Å². The molecule has 1 saturated heterocycles. The van der Waals surface area contributed by atoms with Crippen molar-refractivity contribution in [1.29, 1.82) is 0 Å². The maximum absolute atomic E-state index is 4.41. The molecule has 0 radical (unpaired) electrons. The van der Waals surface area contributed by atoms with Crippen molar-refractivity contribution >= 4 is 0 Å². The van der Waals surface area contributed by atoms with Crippen LogP contribution in [0.1, 0.15) is 38.9 Å². The molecule has 0 amide bonds. The van der Waals surface area contributed by atoms with E-state index in [1.165, 1.54) is 25.9 Å². The van der Waals surface area contributed by atoms with Crippen molar-refractivity contribution in [2.24, 2.45) is 5.92 Å². The molecule has 1 aliphatic rings. The van der Waals surface area contributed by atoms with E-state index < -0.39 is 0 Å². The summed E-state index contributed by atoms with van der Waals surface area (Å²) in [6.45, 7) is 10.9. The van der Waals surface area contributed by atoms with Crippen molar-refractivity contribution in [3.8, 4) is 0 Å². The summed E-state index contributed by atoms with van der Waals surface area (Å²) in [5.74, 6) is 1.90. The molecule has 1 fully saturated rings. The molecular formula is C14H27N5. The molecule has 1 N–H and O–H groups in total. The molecular weight excluding hydrogens is 238 g/mol. The molecule has 1 atom stereocenters. The Labute approximate surface area is 116 Å². The number of aryl methyl sites for hydroxylation is 1. The van der Waals surface area contributed by atoms with E-state index in [-0.39, 0.29) is 0 Å². The summed E-state index contributed by atoms with van der Waals surface area (Å²) < 4.78 is 2.05. The molecule has 0 bridgehead atoms. The fraction of sp³-hybridized carbons (Fsp3) is 0.857. The zero-order valence-corrected chi connectivity index (χ0v) is 12.3. The van der Waals surface area contributed by atoms with Gasteiger partial charge in [-0.3, -0.25) is 4.90 Å². The normalized spacial score (nSPS) is 20.8. The standard InChI is InChI=1S/C14H27N5/c1-3-7-19-14(16-12-17-19)11-18-8-5-6-13(10-18)9-15-4-2/h12-13,15H,3-11H2,1-2H3. The largest absolute Gasteiger partial charge is 0.317 e. The quantitative estimate of drug-likeness (QED) is 0.812. The second-order valence-corrected chi connectivity index (χ2v) is 5.45. The lowest BCUT2D eigenvalue weighted by Gasteiger charge is -2.32. The third-order valence-electron chi connectivity index (χ3n) is 3.78. The monoisotopic (exact) mass is 265 g/mol. The summed E-state index contributed by atoms with van der Waals surface area (Å²) in [5, 5.41) is 7.78. The van der Waals surface area contributed by atoms with Crippen molar-refractivity contribution < 1.29 is 0 Å². The Morgan fingerprint density at radius 2 is 2.32 bits per heavy atom. The molecule has 108 valence electrons. The van der Waals surface area contributed by atoms with Crippen molar-refractivity contribution in [2.75, 3.05) is 26.2 Å². The van der Waals surface area contributed by atoms with Crippen molar-refractivity contribution in [3.63, 3.8) is 0 Å². The first kappa shape index (κ1) is 14.5. The lowest BCUT2D eigenvalue weighted by Crippen LogP contribution is -2.39. The zero-order chi connectivity index (χ0) is 13.5. The van der Waals surface area contributed by atoms with Crippen molar-refractivity contribution in [1.82, 2.24) is 25.0 Å². The van der Waals surface area contributed by atoms with Gasteiger partial charge in [-0.15, -0.1) is 0 Å². The van der Waals surface area contributed by atoms with E-state index in [1.807, 2.05) is 4.68 Å². The third kappa shape index (κ3) is 4.28. The van der Waals surface area contributed by atoms with Crippen LogP contribution >= 0.6 is 0 Å². The van der Waals surface area contributed by atoms with E-state index in [4.69, 9.17) is 0 Å². The van der Waals surface area contributed by atoms with E-state index >= 15 is 0 Å². The number of aromatic nitrogens is 3. The predicted octanol–water partition coefficient (Wildman–Crippen LogP) is 1.51. The van der Waals surface area contributed by atoms with Crippen LogP contribution in [0.25, 0.3) is 0 Å². The first-order chi connectivity index (χ1) is 9.33. The van der Waals surface area contributed by atoms with Crippen molar-refractivity contribution in [3.05, 3.63) is 12.2 Å². The van der Waals surface area contributed by atoms with Crippen LogP contribution in [0.3, 0.4) is 0 Å². The van der Waals surface area contributed by atoms with Gasteiger partial charge in [-0.2, -0.15) is 5.10 Å². The number of nitrogens with one attached hydrogen (secondary N) is 1. The average Bonchev–Trinajstić information content (AvgIpc) is 2.85. The molecule has 0 aliphatic carbocycles. The number of hydrogen-bond acceptors (Lipinski definition) is 4. The van der Waals surface area contributed by atoms with Crippen LogP contribution in [-0.4, -0.2) is 45.8 Å². The Hall–Kier alpha value is -0.940. The summed E-state index contributed by atoms with van der Waals surface area (Å²) in [6, 6.07) is 0. The predicted molar refractivity (Wildman–Crippen MR) is 76.9 cm³/mol. The highest BCUT2D eigenvalue weighted by molar-refractivity contribution is 4.86. The SMILES string of the molecule is CCCn1ncnc1CN1CCCC(CNCC)C1. The van der Waals surface area contributed by atoms with Gasteiger partial charge in [0.25, 0.3) is 0 Å². The van der Waals surface area contributed by atoms with Gasteiger partial charge in [0.15, 0.2) is 0 Å².